The molecule has 1 heterocycles. The number of hydrogen-bond donors (Lipinski definition) is 0. The summed E-state index contributed by atoms with van der Waals surface area (Å²) in [6.45, 7) is 4.22. The smallest absolute Gasteiger partial charge is 0.224 e. The number of hydrogen-bond acceptors (Lipinski definition) is 3. The van der Waals surface area contributed by atoms with Crippen molar-refractivity contribution in [1.29, 1.82) is 0 Å². The number of carbonyl (C=O) groups is 1. The highest BCUT2D eigenvalue weighted by molar-refractivity contribution is 5.97. The molecule has 0 amide bonds. The first-order valence-electron chi connectivity index (χ1n) is 4.40. The number of ketones is 1. The van der Waals surface area contributed by atoms with E-state index >= 15 is 0 Å². The maximum Gasteiger partial charge on any atom is 0.224 e. The quantitative estimate of drug-likeness (QED) is 0.664. The highest BCUT2D eigenvalue weighted by atomic mass is 16.5. The Morgan fingerprint density at radius 1 is 1.54 bits per heavy atom. The van der Waals surface area contributed by atoms with Crippen LogP contribution < -0.4 is 4.74 Å². The molecule has 0 N–H and O–H groups in total. The molecular weight excluding hydrogens is 166 g/mol. The summed E-state index contributed by atoms with van der Waals surface area (Å²) >= 11 is 0. The zero-order valence-corrected chi connectivity index (χ0v) is 7.91. The average Bonchev–Trinajstić information content (AvgIpc) is 2.18. The molecule has 0 aromatic carbocycles. The van der Waals surface area contributed by atoms with Gasteiger partial charge in [-0.3, -0.25) is 4.79 Å². The molecule has 0 fully saturated rings. The number of ether oxygens (including phenoxy) is 1. The number of pyridine rings is 1. The van der Waals surface area contributed by atoms with E-state index in [-0.39, 0.29) is 5.78 Å². The molecule has 3 heteroatoms. The van der Waals surface area contributed by atoms with Crippen LogP contribution in [-0.2, 0) is 0 Å². The molecule has 1 aromatic heterocycles. The van der Waals surface area contributed by atoms with Crippen LogP contribution in [0.1, 0.15) is 30.6 Å². The number of carbonyl (C=O) groups excluding carboxylic acids is 1. The highest BCUT2D eigenvalue weighted by Crippen LogP contribution is 2.15. The Kier molecular flexibility index (Phi) is 3.43. The van der Waals surface area contributed by atoms with Crippen LogP contribution in [0.15, 0.2) is 18.3 Å². The van der Waals surface area contributed by atoms with Crippen LogP contribution in [0.25, 0.3) is 0 Å². The van der Waals surface area contributed by atoms with E-state index in [4.69, 9.17) is 4.74 Å². The summed E-state index contributed by atoms with van der Waals surface area (Å²) in [6.07, 6.45) is 2.10. The van der Waals surface area contributed by atoms with Crippen LogP contribution in [0.5, 0.6) is 5.88 Å². The maximum absolute atomic E-state index is 11.4. The van der Waals surface area contributed by atoms with Crippen LogP contribution in [0.2, 0.25) is 0 Å². The Labute approximate surface area is 77.8 Å². The lowest BCUT2D eigenvalue weighted by molar-refractivity contribution is 0.0983. The van der Waals surface area contributed by atoms with E-state index in [9.17, 15) is 4.79 Å². The van der Waals surface area contributed by atoms with Gasteiger partial charge in [-0.15, -0.1) is 0 Å². The van der Waals surface area contributed by atoms with E-state index in [0.29, 0.717) is 24.5 Å². The highest BCUT2D eigenvalue weighted by Gasteiger charge is 2.10. The second kappa shape index (κ2) is 4.60. The van der Waals surface area contributed by atoms with Gasteiger partial charge in [-0.25, -0.2) is 4.98 Å². The van der Waals surface area contributed by atoms with E-state index in [0.717, 1.165) is 0 Å². The summed E-state index contributed by atoms with van der Waals surface area (Å²) < 4.78 is 5.23. The molecule has 0 saturated carbocycles. The summed E-state index contributed by atoms with van der Waals surface area (Å²) in [5.74, 6) is 0.508. The molecule has 0 spiro atoms. The van der Waals surface area contributed by atoms with E-state index in [1.807, 2.05) is 13.8 Å². The van der Waals surface area contributed by atoms with Gasteiger partial charge in [0.1, 0.15) is 0 Å². The second-order valence-electron chi connectivity index (χ2n) is 2.57. The topological polar surface area (TPSA) is 39.2 Å². The first-order valence-corrected chi connectivity index (χ1v) is 4.40. The van der Waals surface area contributed by atoms with E-state index in [2.05, 4.69) is 4.98 Å². The Bertz CT molecular complexity index is 297. The predicted molar refractivity (Wildman–Crippen MR) is 50.0 cm³/mol. The van der Waals surface area contributed by atoms with Crippen molar-refractivity contribution < 1.29 is 9.53 Å². The standard InChI is InChI=1S/C10H13NO2/c1-3-9(12)8-6-5-7-11-10(8)13-4-2/h5-7H,3-4H2,1-2H3. The van der Waals surface area contributed by atoms with E-state index in [1.54, 1.807) is 18.3 Å². The Morgan fingerprint density at radius 3 is 2.92 bits per heavy atom. The van der Waals surface area contributed by atoms with Crippen LogP contribution >= 0.6 is 0 Å². The zero-order valence-electron chi connectivity index (χ0n) is 7.91. The molecule has 0 atom stereocenters. The van der Waals surface area contributed by atoms with E-state index in [1.165, 1.54) is 0 Å². The maximum atomic E-state index is 11.4. The van der Waals surface area contributed by atoms with Gasteiger partial charge in [0.25, 0.3) is 0 Å². The minimum Gasteiger partial charge on any atom is -0.477 e. The lowest BCUT2D eigenvalue weighted by Crippen LogP contribution is -2.04. The molecule has 3 nitrogen and oxygen atoms in total. The number of nitrogens with zero attached hydrogens (tertiary/aromatic N) is 1. The van der Waals surface area contributed by atoms with Gasteiger partial charge in [0.2, 0.25) is 5.88 Å². The molecule has 70 valence electrons. The zero-order chi connectivity index (χ0) is 9.68. The summed E-state index contributed by atoms with van der Waals surface area (Å²) in [4.78, 5) is 15.4. The number of Topliss-reactive ketones (excluding diaryl/α,β-unsaturated/α-hetero) is 1. The molecule has 13 heavy (non-hydrogen) atoms. The van der Waals surface area contributed by atoms with Crippen LogP contribution in [0.3, 0.4) is 0 Å². The SMILES string of the molecule is CCOc1ncccc1C(=O)CC. The van der Waals surface area contributed by atoms with Gasteiger partial charge in [-0.1, -0.05) is 6.92 Å². The largest absolute Gasteiger partial charge is 0.477 e. The van der Waals surface area contributed by atoms with Crippen molar-refractivity contribution in [2.45, 2.75) is 20.3 Å². The first kappa shape index (κ1) is 9.71. The van der Waals surface area contributed by atoms with Gasteiger partial charge < -0.3 is 4.74 Å². The van der Waals surface area contributed by atoms with Crippen molar-refractivity contribution in [1.82, 2.24) is 4.98 Å². The van der Waals surface area contributed by atoms with Gasteiger partial charge in [0.05, 0.1) is 12.2 Å². The molecule has 0 saturated heterocycles. The third kappa shape index (κ3) is 2.28. The summed E-state index contributed by atoms with van der Waals surface area (Å²) in [5.41, 5.74) is 0.576. The Hall–Kier alpha value is -1.38. The molecular formula is C10H13NO2. The lowest BCUT2D eigenvalue weighted by atomic mass is 10.1. The summed E-state index contributed by atoms with van der Waals surface area (Å²) in [5, 5.41) is 0. The Morgan fingerprint density at radius 2 is 2.31 bits per heavy atom. The summed E-state index contributed by atoms with van der Waals surface area (Å²) in [6, 6.07) is 3.48. The molecule has 0 aliphatic heterocycles. The minimum atomic E-state index is 0.0663. The van der Waals surface area contributed by atoms with Crippen LogP contribution in [0, 0.1) is 0 Å². The van der Waals surface area contributed by atoms with Gasteiger partial charge in [0, 0.05) is 12.6 Å². The monoisotopic (exact) mass is 179 g/mol. The first-order chi connectivity index (χ1) is 6.29. The minimum absolute atomic E-state index is 0.0663. The van der Waals surface area contributed by atoms with Crippen LogP contribution in [0.4, 0.5) is 0 Å². The van der Waals surface area contributed by atoms with Crippen molar-refractivity contribution in [3.63, 3.8) is 0 Å². The average molecular weight is 179 g/mol. The van der Waals surface area contributed by atoms with E-state index < -0.39 is 0 Å². The molecule has 0 radical (unpaired) electrons. The van der Waals surface area contributed by atoms with Gasteiger partial charge >= 0.3 is 0 Å². The van der Waals surface area contributed by atoms with Crippen molar-refractivity contribution in [3.8, 4) is 5.88 Å². The number of rotatable bonds is 4. The molecule has 0 bridgehead atoms. The fraction of sp³-hybridized carbons (Fsp3) is 0.400. The fourth-order valence-corrected chi connectivity index (χ4v) is 1.05. The molecule has 0 aliphatic carbocycles. The Balaban J connectivity index is 2.97. The van der Waals surface area contributed by atoms with Gasteiger partial charge in [-0.05, 0) is 19.1 Å². The van der Waals surface area contributed by atoms with Crippen molar-refractivity contribution in [2.75, 3.05) is 6.61 Å². The third-order valence-electron chi connectivity index (χ3n) is 1.67. The lowest BCUT2D eigenvalue weighted by Gasteiger charge is -2.05. The second-order valence-corrected chi connectivity index (χ2v) is 2.57. The van der Waals surface area contributed by atoms with Crippen molar-refractivity contribution in [3.05, 3.63) is 23.9 Å². The molecule has 0 unspecified atom stereocenters. The normalized spacial score (nSPS) is 9.69. The van der Waals surface area contributed by atoms with Gasteiger partial charge in [-0.2, -0.15) is 0 Å². The molecule has 1 aromatic rings. The predicted octanol–water partition coefficient (Wildman–Crippen LogP) is 2.07. The number of aromatic nitrogens is 1. The fourth-order valence-electron chi connectivity index (χ4n) is 1.05. The van der Waals surface area contributed by atoms with Gasteiger partial charge in [0.15, 0.2) is 5.78 Å². The third-order valence-corrected chi connectivity index (χ3v) is 1.67. The molecule has 1 rings (SSSR count). The van der Waals surface area contributed by atoms with Crippen molar-refractivity contribution in [2.24, 2.45) is 0 Å². The van der Waals surface area contributed by atoms with Crippen molar-refractivity contribution >= 4 is 5.78 Å². The summed E-state index contributed by atoms with van der Waals surface area (Å²) in [7, 11) is 0. The van der Waals surface area contributed by atoms with Crippen LogP contribution in [-0.4, -0.2) is 17.4 Å². The molecule has 0 aliphatic rings.